The Labute approximate surface area is 178 Å². The minimum atomic E-state index is -0.919. The highest BCUT2D eigenvalue weighted by molar-refractivity contribution is 5.97. The zero-order chi connectivity index (χ0) is 20.9. The second-order valence-electron chi connectivity index (χ2n) is 12.7. The van der Waals surface area contributed by atoms with E-state index in [1.165, 1.54) is 5.57 Å². The van der Waals surface area contributed by atoms with Crippen molar-refractivity contribution < 1.29 is 18.7 Å². The summed E-state index contributed by atoms with van der Waals surface area (Å²) in [6.45, 7) is 6.81. The molecule has 1 heterocycles. The lowest BCUT2D eigenvalue weighted by molar-refractivity contribution is -0.209. The molecule has 9 atom stereocenters. The van der Waals surface area contributed by atoms with E-state index in [4.69, 9.17) is 4.74 Å². The summed E-state index contributed by atoms with van der Waals surface area (Å²) < 4.78 is 22.7. The number of fused-ring (bicyclic) bond motifs is 9. The Morgan fingerprint density at radius 1 is 1.00 bits per heavy atom. The van der Waals surface area contributed by atoms with Crippen molar-refractivity contribution in [3.8, 4) is 0 Å². The average Bonchev–Trinajstić information content (AvgIpc) is 3.59. The molecule has 0 aromatic carbocycles. The summed E-state index contributed by atoms with van der Waals surface area (Å²) in [7, 11) is 0. The molecule has 30 heavy (non-hydrogen) atoms. The van der Waals surface area contributed by atoms with E-state index in [0.717, 1.165) is 44.9 Å². The minimum Gasteiger partial charge on any atom is -0.458 e. The monoisotopic (exact) mass is 412 g/mol. The summed E-state index contributed by atoms with van der Waals surface area (Å²) in [4.78, 5) is 24.8. The van der Waals surface area contributed by atoms with Gasteiger partial charge in [-0.1, -0.05) is 26.3 Å². The van der Waals surface area contributed by atoms with Gasteiger partial charge in [-0.3, -0.25) is 9.59 Å². The van der Waals surface area contributed by atoms with E-state index < -0.39 is 17.2 Å². The van der Waals surface area contributed by atoms with E-state index >= 15 is 4.39 Å². The topological polar surface area (TPSA) is 43.4 Å². The summed E-state index contributed by atoms with van der Waals surface area (Å²) in [5.74, 6) is 1.41. The first-order valence-electron chi connectivity index (χ1n) is 12.2. The van der Waals surface area contributed by atoms with Crippen molar-refractivity contribution in [3.63, 3.8) is 0 Å². The van der Waals surface area contributed by atoms with Crippen LogP contribution < -0.4 is 0 Å². The Morgan fingerprint density at radius 3 is 2.43 bits per heavy atom. The maximum atomic E-state index is 16.6. The number of hydrogen-bond acceptors (Lipinski definition) is 3. The van der Waals surface area contributed by atoms with Gasteiger partial charge in [-0.05, 0) is 80.6 Å². The number of carbonyl (C=O) groups is 2. The van der Waals surface area contributed by atoms with Gasteiger partial charge in [0.25, 0.3) is 0 Å². The van der Waals surface area contributed by atoms with Crippen LogP contribution in [0.25, 0.3) is 0 Å². The van der Waals surface area contributed by atoms with Crippen LogP contribution in [0.1, 0.15) is 78.6 Å². The molecule has 0 amide bonds. The van der Waals surface area contributed by atoms with Gasteiger partial charge in [0.2, 0.25) is 0 Å². The second kappa shape index (κ2) is 4.91. The van der Waals surface area contributed by atoms with E-state index in [0.29, 0.717) is 36.4 Å². The fraction of sp³-hybridized carbons (Fsp3) is 0.846. The predicted octanol–water partition coefficient (Wildman–Crippen LogP) is 5.18. The third kappa shape index (κ3) is 1.69. The number of ether oxygens (including phenoxy) is 1. The summed E-state index contributed by atoms with van der Waals surface area (Å²) in [5, 5.41) is 0. The van der Waals surface area contributed by atoms with Gasteiger partial charge >= 0.3 is 5.97 Å². The van der Waals surface area contributed by atoms with Crippen LogP contribution in [0.15, 0.2) is 11.6 Å². The molecule has 0 aromatic rings. The van der Waals surface area contributed by atoms with Crippen LogP contribution in [0.5, 0.6) is 0 Å². The molecule has 3 nitrogen and oxygen atoms in total. The van der Waals surface area contributed by atoms with E-state index in [2.05, 4.69) is 20.8 Å². The largest absolute Gasteiger partial charge is 0.458 e. The summed E-state index contributed by atoms with van der Waals surface area (Å²) in [6, 6.07) is 0. The summed E-state index contributed by atoms with van der Waals surface area (Å²) in [6.07, 6.45) is 9.06. The van der Waals surface area contributed by atoms with Crippen molar-refractivity contribution in [3.05, 3.63) is 11.6 Å². The lowest BCUT2D eigenvalue weighted by atomic mass is 9.37. The van der Waals surface area contributed by atoms with Gasteiger partial charge in [-0.15, -0.1) is 0 Å². The highest BCUT2D eigenvalue weighted by Crippen LogP contribution is 2.83. The van der Waals surface area contributed by atoms with Gasteiger partial charge in [0, 0.05) is 28.6 Å². The Morgan fingerprint density at radius 2 is 1.77 bits per heavy atom. The fourth-order valence-corrected chi connectivity index (χ4v) is 10.1. The molecular weight excluding hydrogens is 379 g/mol. The van der Waals surface area contributed by atoms with Crippen molar-refractivity contribution in [1.82, 2.24) is 0 Å². The zero-order valence-corrected chi connectivity index (χ0v) is 18.4. The standard InChI is InChI=1S/C26H33FO3/c1-22-13-20(27)24(3)17(15(22)4-6-26(22)7-5-21(29)30-26)12-25(8-9-25)19-11-18(28)14-10-16(14)23(19,24)2/h11,14-17,20H,4-10,12-13H2,1-3H3/t14-,15?,16+,17?,20+,22+,23+,24?,26-/m1/s1. The van der Waals surface area contributed by atoms with Crippen LogP contribution in [-0.2, 0) is 14.3 Å². The third-order valence-corrected chi connectivity index (χ3v) is 12.2. The Kier molecular flexibility index (Phi) is 3.01. The molecule has 2 spiro atoms. The molecule has 5 saturated carbocycles. The van der Waals surface area contributed by atoms with Gasteiger partial charge in [-0.2, -0.15) is 0 Å². The number of ketones is 1. The first-order valence-corrected chi connectivity index (χ1v) is 12.2. The van der Waals surface area contributed by atoms with Crippen LogP contribution in [-0.4, -0.2) is 23.5 Å². The average molecular weight is 413 g/mol. The molecule has 0 aromatic heterocycles. The number of carbonyl (C=O) groups excluding carboxylic acids is 2. The first-order chi connectivity index (χ1) is 14.1. The quantitative estimate of drug-likeness (QED) is 0.515. The third-order valence-electron chi connectivity index (χ3n) is 12.2. The molecule has 4 heteroatoms. The van der Waals surface area contributed by atoms with Crippen molar-refractivity contribution in [1.29, 1.82) is 0 Å². The van der Waals surface area contributed by atoms with Crippen molar-refractivity contribution in [2.45, 2.75) is 90.3 Å². The fourth-order valence-electron chi connectivity index (χ4n) is 10.1. The number of rotatable bonds is 0. The number of alkyl halides is 1. The minimum absolute atomic E-state index is 0.0910. The van der Waals surface area contributed by atoms with Gasteiger partial charge in [-0.25, -0.2) is 4.39 Å². The second-order valence-corrected chi connectivity index (χ2v) is 12.7. The van der Waals surface area contributed by atoms with E-state index in [1.807, 2.05) is 6.08 Å². The molecule has 0 bridgehead atoms. The Hall–Kier alpha value is -1.19. The number of halogens is 1. The lowest BCUT2D eigenvalue weighted by Gasteiger charge is -2.67. The van der Waals surface area contributed by atoms with Crippen molar-refractivity contribution in [2.75, 3.05) is 0 Å². The number of esters is 1. The van der Waals surface area contributed by atoms with Crippen LogP contribution in [0.2, 0.25) is 0 Å². The number of hydrogen-bond donors (Lipinski definition) is 0. The molecular formula is C26H33FO3. The first kappa shape index (κ1) is 18.4. The predicted molar refractivity (Wildman–Crippen MR) is 109 cm³/mol. The van der Waals surface area contributed by atoms with Crippen LogP contribution in [0.4, 0.5) is 4.39 Å². The smallest absolute Gasteiger partial charge is 0.306 e. The van der Waals surface area contributed by atoms with Gasteiger partial charge < -0.3 is 4.74 Å². The molecule has 1 aliphatic heterocycles. The van der Waals surface area contributed by atoms with E-state index in [1.54, 1.807) is 0 Å². The normalized spacial score (nSPS) is 59.2. The molecule has 0 N–H and O–H groups in total. The molecule has 6 fully saturated rings. The molecule has 7 aliphatic rings. The molecule has 3 unspecified atom stereocenters. The van der Waals surface area contributed by atoms with E-state index in [-0.39, 0.29) is 28.1 Å². The maximum absolute atomic E-state index is 16.6. The highest BCUT2D eigenvalue weighted by atomic mass is 19.1. The molecule has 1 saturated heterocycles. The van der Waals surface area contributed by atoms with Crippen LogP contribution >= 0.6 is 0 Å². The van der Waals surface area contributed by atoms with Crippen LogP contribution in [0, 0.1) is 45.3 Å². The maximum Gasteiger partial charge on any atom is 0.306 e. The van der Waals surface area contributed by atoms with Crippen LogP contribution in [0.3, 0.4) is 0 Å². The van der Waals surface area contributed by atoms with Gasteiger partial charge in [0.05, 0.1) is 0 Å². The highest BCUT2D eigenvalue weighted by Gasteiger charge is 2.79. The Bertz CT molecular complexity index is 935. The number of allylic oxidation sites excluding steroid dienone is 1. The van der Waals surface area contributed by atoms with Crippen molar-refractivity contribution >= 4 is 11.8 Å². The molecule has 0 radical (unpaired) electrons. The molecule has 6 aliphatic carbocycles. The Balaban J connectivity index is 1.39. The summed E-state index contributed by atoms with van der Waals surface area (Å²) in [5.41, 5.74) is 0.132. The van der Waals surface area contributed by atoms with E-state index in [9.17, 15) is 9.59 Å². The van der Waals surface area contributed by atoms with Crippen molar-refractivity contribution in [2.24, 2.45) is 45.3 Å². The van der Waals surface area contributed by atoms with Gasteiger partial charge in [0.1, 0.15) is 11.8 Å². The summed E-state index contributed by atoms with van der Waals surface area (Å²) >= 11 is 0. The lowest BCUT2D eigenvalue weighted by Crippen LogP contribution is -2.66. The zero-order valence-electron chi connectivity index (χ0n) is 18.4. The SMILES string of the molecule is CC12C(CC3(CC3)C3=CC(=O)[C@@H]4C[C@@H]4[C@@]31C)C1CC[C@@]3(CCC(=O)O3)[C@@]1(C)C[C@@H]2F. The molecule has 7 rings (SSSR count). The van der Waals surface area contributed by atoms with Gasteiger partial charge in [0.15, 0.2) is 5.78 Å². The molecule has 162 valence electrons.